The predicted molar refractivity (Wildman–Crippen MR) is 175 cm³/mol. The van der Waals surface area contributed by atoms with Crippen LogP contribution in [0, 0.1) is 0 Å². The Morgan fingerprint density at radius 2 is 1.17 bits per heavy atom. The molecule has 0 radical (unpaired) electrons. The zero-order valence-corrected chi connectivity index (χ0v) is 29.0. The summed E-state index contributed by atoms with van der Waals surface area (Å²) in [7, 11) is -5.09. The molecular formula is C33H59O13P. The van der Waals surface area contributed by atoms with E-state index in [-0.39, 0.29) is 12.8 Å². The van der Waals surface area contributed by atoms with E-state index in [4.69, 9.17) is 18.5 Å². The van der Waals surface area contributed by atoms with Gasteiger partial charge in [-0.3, -0.25) is 18.6 Å². The molecule has 274 valence electrons. The fourth-order valence-electron chi connectivity index (χ4n) is 4.88. The van der Waals surface area contributed by atoms with Crippen molar-refractivity contribution in [3.8, 4) is 0 Å². The first-order valence-electron chi connectivity index (χ1n) is 17.1. The van der Waals surface area contributed by atoms with Gasteiger partial charge in [0, 0.05) is 12.8 Å². The maximum atomic E-state index is 12.6. The van der Waals surface area contributed by atoms with E-state index < -0.39 is 75.7 Å². The number of phosphoric acid groups is 1. The third-order valence-corrected chi connectivity index (χ3v) is 8.78. The van der Waals surface area contributed by atoms with Crippen molar-refractivity contribution in [2.45, 2.75) is 159 Å². The monoisotopic (exact) mass is 694 g/mol. The molecule has 0 aromatic rings. The summed E-state index contributed by atoms with van der Waals surface area (Å²) >= 11 is 0. The number of allylic oxidation sites excluding steroid dienone is 4. The highest BCUT2D eigenvalue weighted by Gasteiger charge is 2.51. The Kier molecular flexibility index (Phi) is 23.4. The van der Waals surface area contributed by atoms with Gasteiger partial charge in [-0.05, 0) is 44.9 Å². The van der Waals surface area contributed by atoms with Crippen molar-refractivity contribution < 1.29 is 63.1 Å². The second-order valence-corrected chi connectivity index (χ2v) is 13.4. The van der Waals surface area contributed by atoms with Crippen LogP contribution in [0.2, 0.25) is 0 Å². The lowest BCUT2D eigenvalue weighted by Crippen LogP contribution is -2.64. The molecule has 6 N–H and O–H groups in total. The van der Waals surface area contributed by atoms with Crippen LogP contribution < -0.4 is 0 Å². The number of unbranched alkanes of at least 4 members (excludes halogenated alkanes) is 10. The van der Waals surface area contributed by atoms with Gasteiger partial charge in [0.05, 0.1) is 6.61 Å². The molecule has 6 atom stereocenters. The van der Waals surface area contributed by atoms with E-state index in [9.17, 15) is 44.6 Å². The first-order chi connectivity index (χ1) is 22.4. The van der Waals surface area contributed by atoms with Crippen molar-refractivity contribution in [2.75, 3.05) is 13.2 Å². The summed E-state index contributed by atoms with van der Waals surface area (Å²) in [6, 6.07) is 0. The number of phosphoric ester groups is 1. The summed E-state index contributed by atoms with van der Waals surface area (Å²) in [6.07, 6.45) is 9.83. The van der Waals surface area contributed by atoms with Gasteiger partial charge in [-0.25, -0.2) is 4.57 Å². The lowest BCUT2D eigenvalue weighted by molar-refractivity contribution is -0.220. The maximum absolute atomic E-state index is 12.6. The molecular weight excluding hydrogens is 635 g/mol. The zero-order chi connectivity index (χ0) is 35.1. The largest absolute Gasteiger partial charge is 0.472 e. The molecule has 1 rings (SSSR count). The van der Waals surface area contributed by atoms with E-state index in [0.717, 1.165) is 51.4 Å². The number of carbonyl (C=O) groups is 2. The Hall–Kier alpha value is -1.67. The van der Waals surface area contributed by atoms with E-state index in [1.165, 1.54) is 25.7 Å². The van der Waals surface area contributed by atoms with Crippen LogP contribution in [0.4, 0.5) is 0 Å². The van der Waals surface area contributed by atoms with Gasteiger partial charge in [0.15, 0.2) is 6.10 Å². The van der Waals surface area contributed by atoms with Crippen LogP contribution in [0.25, 0.3) is 0 Å². The first kappa shape index (κ1) is 43.4. The van der Waals surface area contributed by atoms with Gasteiger partial charge in [0.2, 0.25) is 0 Å². The van der Waals surface area contributed by atoms with Gasteiger partial charge in [-0.1, -0.05) is 83.1 Å². The standard InChI is InChI=1S/C33H59O13P/c1-3-5-7-8-9-10-11-12-13-14-15-16-17-18-19-20-22-27(35)45-25(23-43-26(34)21-6-4-2)24-44-47(41,42)46-33-31(39)29(37)28(36)30(38)32(33)40/h10-11,13-14,25,28-33,36-40H,3-9,12,15-24H2,1-2H3,(H,41,42)/b11-10-,14-13-. The van der Waals surface area contributed by atoms with Gasteiger partial charge in [-0.2, -0.15) is 0 Å². The predicted octanol–water partition coefficient (Wildman–Crippen LogP) is 4.16. The summed E-state index contributed by atoms with van der Waals surface area (Å²) < 4.78 is 32.8. The topological polar surface area (TPSA) is 210 Å². The second kappa shape index (κ2) is 25.3. The summed E-state index contributed by atoms with van der Waals surface area (Å²) in [4.78, 5) is 34.7. The smallest absolute Gasteiger partial charge is 0.462 e. The van der Waals surface area contributed by atoms with Crippen LogP contribution in [0.3, 0.4) is 0 Å². The van der Waals surface area contributed by atoms with Gasteiger partial charge in [0.1, 0.15) is 43.2 Å². The molecule has 0 aliphatic heterocycles. The molecule has 6 unspecified atom stereocenters. The minimum Gasteiger partial charge on any atom is -0.462 e. The van der Waals surface area contributed by atoms with Gasteiger partial charge in [0.25, 0.3) is 0 Å². The Bertz CT molecular complexity index is 943. The molecule has 0 spiro atoms. The lowest BCUT2D eigenvalue weighted by Gasteiger charge is -2.41. The molecule has 1 fully saturated rings. The highest BCUT2D eigenvalue weighted by molar-refractivity contribution is 7.47. The van der Waals surface area contributed by atoms with Crippen molar-refractivity contribution in [2.24, 2.45) is 0 Å². The second-order valence-electron chi connectivity index (χ2n) is 12.0. The van der Waals surface area contributed by atoms with Crippen LogP contribution >= 0.6 is 7.82 Å². The van der Waals surface area contributed by atoms with Gasteiger partial charge >= 0.3 is 19.8 Å². The minimum absolute atomic E-state index is 0.0802. The molecule has 14 heteroatoms. The van der Waals surface area contributed by atoms with Crippen LogP contribution in [0.5, 0.6) is 0 Å². The molecule has 47 heavy (non-hydrogen) atoms. The summed E-state index contributed by atoms with van der Waals surface area (Å²) in [5.74, 6) is -1.16. The highest BCUT2D eigenvalue weighted by Crippen LogP contribution is 2.47. The van der Waals surface area contributed by atoms with Crippen molar-refractivity contribution in [3.63, 3.8) is 0 Å². The van der Waals surface area contributed by atoms with Crippen LogP contribution in [-0.2, 0) is 32.7 Å². The fourth-order valence-corrected chi connectivity index (χ4v) is 5.85. The fraction of sp³-hybridized carbons (Fsp3) is 0.818. The Morgan fingerprint density at radius 3 is 1.77 bits per heavy atom. The van der Waals surface area contributed by atoms with E-state index in [1.54, 1.807) is 0 Å². The van der Waals surface area contributed by atoms with Crippen LogP contribution in [0.15, 0.2) is 24.3 Å². The van der Waals surface area contributed by atoms with E-state index in [1.807, 2.05) is 6.92 Å². The summed E-state index contributed by atoms with van der Waals surface area (Å²) in [6.45, 7) is 2.92. The zero-order valence-electron chi connectivity index (χ0n) is 28.1. The number of aliphatic hydroxyl groups excluding tert-OH is 5. The molecule has 0 heterocycles. The molecule has 0 saturated heterocycles. The third-order valence-electron chi connectivity index (χ3n) is 7.80. The molecule has 0 bridgehead atoms. The number of hydrogen-bond acceptors (Lipinski definition) is 12. The number of hydrogen-bond donors (Lipinski definition) is 6. The minimum atomic E-state index is -5.09. The average molecular weight is 695 g/mol. The highest BCUT2D eigenvalue weighted by atomic mass is 31.2. The van der Waals surface area contributed by atoms with Crippen LogP contribution in [-0.4, -0.2) is 98.3 Å². The molecule has 1 aliphatic carbocycles. The molecule has 13 nitrogen and oxygen atoms in total. The number of carbonyl (C=O) groups excluding carboxylic acids is 2. The van der Waals surface area contributed by atoms with E-state index >= 15 is 0 Å². The van der Waals surface area contributed by atoms with E-state index in [2.05, 4.69) is 31.2 Å². The first-order valence-corrected chi connectivity index (χ1v) is 18.6. The number of rotatable bonds is 26. The Morgan fingerprint density at radius 1 is 0.660 bits per heavy atom. The molecule has 1 saturated carbocycles. The molecule has 1 aliphatic rings. The molecule has 0 aromatic heterocycles. The average Bonchev–Trinajstić information content (AvgIpc) is 3.04. The molecule has 0 aromatic carbocycles. The lowest BCUT2D eigenvalue weighted by atomic mass is 9.85. The summed E-state index contributed by atoms with van der Waals surface area (Å²) in [5, 5.41) is 49.5. The quantitative estimate of drug-likeness (QED) is 0.0326. The summed E-state index contributed by atoms with van der Waals surface area (Å²) in [5.41, 5.74) is 0. The Balaban J connectivity index is 2.45. The Labute approximate surface area is 279 Å². The molecule has 0 amide bonds. The van der Waals surface area contributed by atoms with Crippen LogP contribution in [0.1, 0.15) is 117 Å². The maximum Gasteiger partial charge on any atom is 0.472 e. The SMILES string of the molecule is CCCCCC/C=C\C/C=C\CCCCCCCC(=O)OC(COC(=O)CCCC)COP(=O)(O)OC1C(O)C(O)C(O)C(O)C1O. The van der Waals surface area contributed by atoms with E-state index in [0.29, 0.717) is 12.8 Å². The number of esters is 2. The van der Waals surface area contributed by atoms with Crippen molar-refractivity contribution in [3.05, 3.63) is 24.3 Å². The van der Waals surface area contributed by atoms with Crippen molar-refractivity contribution in [1.82, 2.24) is 0 Å². The number of aliphatic hydroxyl groups is 5. The number of ether oxygens (including phenoxy) is 2. The third kappa shape index (κ3) is 19.2. The van der Waals surface area contributed by atoms with Gasteiger partial charge in [-0.15, -0.1) is 0 Å². The van der Waals surface area contributed by atoms with Gasteiger partial charge < -0.3 is 39.9 Å². The van der Waals surface area contributed by atoms with Crippen molar-refractivity contribution >= 4 is 19.8 Å². The normalized spacial score (nSPS) is 25.2. The van der Waals surface area contributed by atoms with Crippen molar-refractivity contribution in [1.29, 1.82) is 0 Å².